The quantitative estimate of drug-likeness (QED) is 0.906. The lowest BCUT2D eigenvalue weighted by molar-refractivity contribution is 0.1000. The molecule has 0 saturated carbocycles. The van der Waals surface area contributed by atoms with E-state index in [-0.39, 0.29) is 5.56 Å². The van der Waals surface area contributed by atoms with Crippen molar-refractivity contribution in [1.29, 1.82) is 0 Å². The number of hydrogen-bond donors (Lipinski definition) is 2. The molecule has 0 heterocycles. The Morgan fingerprint density at radius 1 is 1.14 bits per heavy atom. The molecule has 2 aromatic carbocycles. The van der Waals surface area contributed by atoms with Crippen molar-refractivity contribution in [2.45, 2.75) is 25.8 Å². The fourth-order valence-corrected chi connectivity index (χ4v) is 2.72. The molecule has 0 saturated heterocycles. The lowest BCUT2D eigenvalue weighted by Gasteiger charge is -2.10. The van der Waals surface area contributed by atoms with E-state index in [4.69, 9.17) is 5.73 Å². The Morgan fingerprint density at radius 3 is 2.71 bits per heavy atom. The van der Waals surface area contributed by atoms with E-state index in [2.05, 4.69) is 17.4 Å². The summed E-state index contributed by atoms with van der Waals surface area (Å²) in [6.45, 7) is 0.379. The van der Waals surface area contributed by atoms with Gasteiger partial charge in [0.2, 0.25) is 5.91 Å². The van der Waals surface area contributed by atoms with E-state index >= 15 is 0 Å². The van der Waals surface area contributed by atoms with E-state index in [0.29, 0.717) is 12.1 Å². The average Bonchev–Trinajstić information content (AvgIpc) is 2.93. The second kappa shape index (κ2) is 5.56. The lowest BCUT2D eigenvalue weighted by atomic mass is 10.1. The van der Waals surface area contributed by atoms with Crippen molar-refractivity contribution >= 4 is 11.6 Å². The van der Waals surface area contributed by atoms with E-state index in [1.165, 1.54) is 23.6 Å². The molecule has 3 rings (SSSR count). The van der Waals surface area contributed by atoms with Crippen LogP contribution in [0.25, 0.3) is 0 Å². The van der Waals surface area contributed by atoms with Gasteiger partial charge in [0.1, 0.15) is 5.82 Å². The van der Waals surface area contributed by atoms with Crippen LogP contribution in [-0.2, 0) is 19.4 Å². The zero-order chi connectivity index (χ0) is 14.8. The van der Waals surface area contributed by atoms with Crippen molar-refractivity contribution in [2.75, 3.05) is 5.32 Å². The van der Waals surface area contributed by atoms with Gasteiger partial charge in [0, 0.05) is 23.4 Å². The van der Waals surface area contributed by atoms with Gasteiger partial charge in [-0.1, -0.05) is 12.1 Å². The maximum absolute atomic E-state index is 13.9. The predicted octanol–water partition coefficient (Wildman–Crippen LogP) is 3.03. The first-order valence-electron chi connectivity index (χ1n) is 7.07. The number of anilines is 1. The van der Waals surface area contributed by atoms with Gasteiger partial charge in [0.25, 0.3) is 0 Å². The Kier molecular flexibility index (Phi) is 3.60. The first-order chi connectivity index (χ1) is 10.1. The molecular formula is C17H17FN2O. The Bertz CT molecular complexity index is 697. The van der Waals surface area contributed by atoms with Gasteiger partial charge in [-0.25, -0.2) is 4.39 Å². The van der Waals surface area contributed by atoms with Crippen molar-refractivity contribution in [3.05, 3.63) is 64.5 Å². The zero-order valence-electron chi connectivity index (χ0n) is 11.7. The summed E-state index contributed by atoms with van der Waals surface area (Å²) < 4.78 is 13.9. The van der Waals surface area contributed by atoms with Crippen LogP contribution < -0.4 is 11.1 Å². The summed E-state index contributed by atoms with van der Waals surface area (Å²) in [5, 5.41) is 3.22. The van der Waals surface area contributed by atoms with Crippen molar-refractivity contribution < 1.29 is 9.18 Å². The minimum Gasteiger partial charge on any atom is -0.381 e. The number of benzene rings is 2. The lowest BCUT2D eigenvalue weighted by Crippen LogP contribution is -2.12. The van der Waals surface area contributed by atoms with Gasteiger partial charge in [-0.15, -0.1) is 0 Å². The molecule has 3 N–H and O–H groups in total. The van der Waals surface area contributed by atoms with Gasteiger partial charge < -0.3 is 11.1 Å². The van der Waals surface area contributed by atoms with E-state index < -0.39 is 11.7 Å². The molecule has 0 aliphatic heterocycles. The van der Waals surface area contributed by atoms with Gasteiger partial charge in [-0.3, -0.25) is 4.79 Å². The molecule has 0 radical (unpaired) electrons. The molecule has 3 nitrogen and oxygen atoms in total. The molecular weight excluding hydrogens is 267 g/mol. The standard InChI is InChI=1S/C17H17FN2O/c18-16-9-13(17(19)21)4-5-14(16)10-20-15-7-6-11-2-1-3-12(11)8-15/h4-9,20H,1-3,10H2,(H2,19,21). The van der Waals surface area contributed by atoms with Gasteiger partial charge in [-0.2, -0.15) is 0 Å². The molecule has 0 unspecified atom stereocenters. The maximum Gasteiger partial charge on any atom is 0.248 e. The van der Waals surface area contributed by atoms with Crippen LogP contribution >= 0.6 is 0 Å². The number of fused-ring (bicyclic) bond motifs is 1. The van der Waals surface area contributed by atoms with Gasteiger partial charge in [0.05, 0.1) is 0 Å². The molecule has 0 spiro atoms. The van der Waals surface area contributed by atoms with Crippen molar-refractivity contribution in [3.63, 3.8) is 0 Å². The fourth-order valence-electron chi connectivity index (χ4n) is 2.72. The topological polar surface area (TPSA) is 55.1 Å². The van der Waals surface area contributed by atoms with Gasteiger partial charge >= 0.3 is 0 Å². The second-order valence-corrected chi connectivity index (χ2v) is 5.36. The number of amides is 1. The van der Waals surface area contributed by atoms with Crippen LogP contribution in [0.4, 0.5) is 10.1 Å². The predicted molar refractivity (Wildman–Crippen MR) is 80.7 cm³/mol. The molecule has 0 aromatic heterocycles. The smallest absolute Gasteiger partial charge is 0.248 e. The highest BCUT2D eigenvalue weighted by Gasteiger charge is 2.11. The Labute approximate surface area is 123 Å². The number of nitrogens with one attached hydrogen (secondary N) is 1. The van der Waals surface area contributed by atoms with Crippen molar-refractivity contribution in [1.82, 2.24) is 0 Å². The van der Waals surface area contributed by atoms with Gasteiger partial charge in [0.15, 0.2) is 0 Å². The van der Waals surface area contributed by atoms with E-state index in [1.54, 1.807) is 12.1 Å². The van der Waals surface area contributed by atoms with Crippen LogP contribution in [0.3, 0.4) is 0 Å². The molecule has 0 fully saturated rings. The fraction of sp³-hybridized carbons (Fsp3) is 0.235. The average molecular weight is 284 g/mol. The summed E-state index contributed by atoms with van der Waals surface area (Å²) >= 11 is 0. The van der Waals surface area contributed by atoms with Gasteiger partial charge in [-0.05, 0) is 54.7 Å². The molecule has 1 aliphatic carbocycles. The molecule has 4 heteroatoms. The normalized spacial score (nSPS) is 13.0. The third-order valence-corrected chi connectivity index (χ3v) is 3.92. The number of carbonyl (C=O) groups is 1. The van der Waals surface area contributed by atoms with Crippen LogP contribution in [0.15, 0.2) is 36.4 Å². The summed E-state index contributed by atoms with van der Waals surface area (Å²) in [7, 11) is 0. The van der Waals surface area contributed by atoms with Crippen LogP contribution in [0.2, 0.25) is 0 Å². The van der Waals surface area contributed by atoms with Crippen LogP contribution in [0.5, 0.6) is 0 Å². The van der Waals surface area contributed by atoms with E-state index in [9.17, 15) is 9.18 Å². The highest BCUT2D eigenvalue weighted by molar-refractivity contribution is 5.92. The summed E-state index contributed by atoms with van der Waals surface area (Å²) in [4.78, 5) is 11.0. The Balaban J connectivity index is 1.71. The third kappa shape index (κ3) is 2.89. The molecule has 1 amide bonds. The number of hydrogen-bond acceptors (Lipinski definition) is 2. The number of nitrogens with two attached hydrogens (primary N) is 1. The Morgan fingerprint density at radius 2 is 1.95 bits per heavy atom. The monoisotopic (exact) mass is 284 g/mol. The molecule has 0 bridgehead atoms. The minimum atomic E-state index is -0.618. The van der Waals surface area contributed by atoms with Crippen LogP contribution in [0, 0.1) is 5.82 Å². The molecule has 108 valence electrons. The number of rotatable bonds is 4. The summed E-state index contributed by atoms with van der Waals surface area (Å²) in [5.41, 5.74) is 9.62. The molecule has 1 aliphatic rings. The zero-order valence-corrected chi connectivity index (χ0v) is 11.7. The molecule has 0 atom stereocenters. The van der Waals surface area contributed by atoms with Crippen LogP contribution in [0.1, 0.15) is 33.5 Å². The highest BCUT2D eigenvalue weighted by Crippen LogP contribution is 2.25. The number of aryl methyl sites for hydroxylation is 2. The van der Waals surface area contributed by atoms with Crippen molar-refractivity contribution in [2.24, 2.45) is 5.73 Å². The number of carbonyl (C=O) groups excluding carboxylic acids is 1. The first-order valence-corrected chi connectivity index (χ1v) is 7.07. The maximum atomic E-state index is 13.9. The minimum absolute atomic E-state index is 0.189. The largest absolute Gasteiger partial charge is 0.381 e. The summed E-state index contributed by atoms with van der Waals surface area (Å²) in [6.07, 6.45) is 3.48. The second-order valence-electron chi connectivity index (χ2n) is 5.36. The van der Waals surface area contributed by atoms with Crippen LogP contribution in [-0.4, -0.2) is 5.91 Å². The summed E-state index contributed by atoms with van der Waals surface area (Å²) in [5.74, 6) is -1.04. The van der Waals surface area contributed by atoms with Crippen molar-refractivity contribution in [3.8, 4) is 0 Å². The molecule has 2 aromatic rings. The number of primary amides is 1. The highest BCUT2D eigenvalue weighted by atomic mass is 19.1. The van der Waals surface area contributed by atoms with E-state index in [1.807, 2.05) is 6.07 Å². The first kappa shape index (κ1) is 13.6. The van der Waals surface area contributed by atoms with E-state index in [0.717, 1.165) is 18.5 Å². The third-order valence-electron chi connectivity index (χ3n) is 3.92. The summed E-state index contributed by atoms with van der Waals surface area (Å²) in [6, 6.07) is 10.6. The SMILES string of the molecule is NC(=O)c1ccc(CNc2ccc3c(c2)CCC3)c(F)c1. The molecule has 21 heavy (non-hydrogen) atoms. The Hall–Kier alpha value is -2.36. The number of halogens is 1.